The minimum absolute atomic E-state index is 0.0508. The van der Waals surface area contributed by atoms with E-state index in [0.717, 1.165) is 18.0 Å². The minimum Gasteiger partial charge on any atom is -0.293 e. The van der Waals surface area contributed by atoms with Gasteiger partial charge in [-0.15, -0.1) is 0 Å². The monoisotopic (exact) mass is 233 g/mol. The van der Waals surface area contributed by atoms with Gasteiger partial charge in [0.05, 0.1) is 0 Å². The molecule has 1 aromatic carbocycles. The van der Waals surface area contributed by atoms with E-state index in [9.17, 15) is 4.39 Å². The van der Waals surface area contributed by atoms with E-state index < -0.39 is 0 Å². The molecule has 2 fully saturated rings. The number of piperidine rings is 1. The highest BCUT2D eigenvalue weighted by Crippen LogP contribution is 2.39. The predicted octanol–water partition coefficient (Wildman–Crippen LogP) is 3.59. The molecule has 2 heteroatoms. The van der Waals surface area contributed by atoms with E-state index >= 15 is 0 Å². The van der Waals surface area contributed by atoms with Gasteiger partial charge in [0.25, 0.3) is 0 Å². The third-order valence-electron chi connectivity index (χ3n) is 4.61. The third kappa shape index (κ3) is 1.99. The van der Waals surface area contributed by atoms with Crippen LogP contribution in [0.15, 0.2) is 24.3 Å². The van der Waals surface area contributed by atoms with Crippen LogP contribution in [0.5, 0.6) is 0 Å². The van der Waals surface area contributed by atoms with Crippen LogP contribution < -0.4 is 0 Å². The summed E-state index contributed by atoms with van der Waals surface area (Å²) in [5.41, 5.74) is 0.860. The van der Waals surface area contributed by atoms with Gasteiger partial charge >= 0.3 is 0 Å². The first-order chi connectivity index (χ1) is 8.25. The first kappa shape index (κ1) is 11.2. The predicted molar refractivity (Wildman–Crippen MR) is 67.2 cm³/mol. The van der Waals surface area contributed by atoms with Crippen LogP contribution in [-0.2, 0) is 6.54 Å². The van der Waals surface area contributed by atoms with Crippen LogP contribution in [0.2, 0.25) is 0 Å². The number of fused-ring (bicyclic) bond motifs is 2. The summed E-state index contributed by atoms with van der Waals surface area (Å²) >= 11 is 0. The van der Waals surface area contributed by atoms with Crippen molar-refractivity contribution in [1.82, 2.24) is 4.90 Å². The molecule has 3 atom stereocenters. The molecule has 2 heterocycles. The summed E-state index contributed by atoms with van der Waals surface area (Å²) in [4.78, 5) is 2.55. The first-order valence-corrected chi connectivity index (χ1v) is 6.75. The van der Waals surface area contributed by atoms with Crippen molar-refractivity contribution in [3.05, 3.63) is 35.6 Å². The number of nitrogens with zero attached hydrogens (tertiary/aromatic N) is 1. The van der Waals surface area contributed by atoms with Gasteiger partial charge in [0, 0.05) is 24.2 Å². The van der Waals surface area contributed by atoms with Crippen molar-refractivity contribution in [1.29, 1.82) is 0 Å². The van der Waals surface area contributed by atoms with Crippen LogP contribution in [-0.4, -0.2) is 17.0 Å². The van der Waals surface area contributed by atoms with Gasteiger partial charge in [0.15, 0.2) is 0 Å². The van der Waals surface area contributed by atoms with E-state index in [0.29, 0.717) is 12.1 Å². The second kappa shape index (κ2) is 4.41. The Morgan fingerprint density at radius 2 is 1.94 bits per heavy atom. The number of hydrogen-bond acceptors (Lipinski definition) is 1. The van der Waals surface area contributed by atoms with Crippen molar-refractivity contribution in [2.75, 3.05) is 0 Å². The molecule has 17 heavy (non-hydrogen) atoms. The van der Waals surface area contributed by atoms with Crippen molar-refractivity contribution >= 4 is 0 Å². The zero-order valence-corrected chi connectivity index (χ0v) is 10.4. The van der Waals surface area contributed by atoms with Gasteiger partial charge in [0.1, 0.15) is 5.82 Å². The molecule has 3 unspecified atom stereocenters. The molecule has 1 nitrogen and oxygen atoms in total. The topological polar surface area (TPSA) is 3.24 Å². The molecule has 2 bridgehead atoms. The zero-order valence-electron chi connectivity index (χ0n) is 10.4. The van der Waals surface area contributed by atoms with Crippen molar-refractivity contribution < 1.29 is 4.39 Å². The molecule has 2 saturated heterocycles. The van der Waals surface area contributed by atoms with Gasteiger partial charge in [-0.3, -0.25) is 4.90 Å². The normalized spacial score (nSPS) is 32.9. The number of hydrogen-bond donors (Lipinski definition) is 0. The van der Waals surface area contributed by atoms with Crippen molar-refractivity contribution in [2.24, 2.45) is 5.92 Å². The molecule has 3 rings (SSSR count). The Hall–Kier alpha value is -0.890. The summed E-state index contributed by atoms with van der Waals surface area (Å²) in [5.74, 6) is 0.727. The Bertz CT molecular complexity index is 404. The zero-order chi connectivity index (χ0) is 11.8. The smallest absolute Gasteiger partial charge is 0.127 e. The summed E-state index contributed by atoms with van der Waals surface area (Å²) in [6, 6.07) is 8.60. The molecule has 0 aromatic heterocycles. The molecule has 0 N–H and O–H groups in total. The van der Waals surface area contributed by atoms with Crippen LogP contribution in [0.25, 0.3) is 0 Å². The molecular weight excluding hydrogens is 213 g/mol. The van der Waals surface area contributed by atoms with Gasteiger partial charge in [0.2, 0.25) is 0 Å². The third-order valence-corrected chi connectivity index (χ3v) is 4.61. The fraction of sp³-hybridized carbons (Fsp3) is 0.600. The SMILES string of the molecule is CC1CCC2CCC1N2Cc1ccccc1F. The lowest BCUT2D eigenvalue weighted by Gasteiger charge is -2.38. The summed E-state index contributed by atoms with van der Waals surface area (Å²) in [5, 5.41) is 0. The largest absolute Gasteiger partial charge is 0.293 e. The highest BCUT2D eigenvalue weighted by molar-refractivity contribution is 5.18. The molecule has 0 spiro atoms. The average molecular weight is 233 g/mol. The number of benzene rings is 1. The Kier molecular flexibility index (Phi) is 2.91. The summed E-state index contributed by atoms with van der Waals surface area (Å²) in [7, 11) is 0. The summed E-state index contributed by atoms with van der Waals surface area (Å²) in [6.07, 6.45) is 5.26. The lowest BCUT2D eigenvalue weighted by molar-refractivity contribution is 0.0902. The highest BCUT2D eigenvalue weighted by Gasteiger charge is 2.40. The van der Waals surface area contributed by atoms with Crippen LogP contribution in [0.4, 0.5) is 4.39 Å². The van der Waals surface area contributed by atoms with Crippen molar-refractivity contribution in [3.8, 4) is 0 Å². The van der Waals surface area contributed by atoms with Gasteiger partial charge < -0.3 is 0 Å². The lowest BCUT2D eigenvalue weighted by Crippen LogP contribution is -2.43. The fourth-order valence-corrected chi connectivity index (χ4v) is 3.60. The second-order valence-corrected chi connectivity index (χ2v) is 5.62. The second-order valence-electron chi connectivity index (χ2n) is 5.62. The van der Waals surface area contributed by atoms with E-state index in [4.69, 9.17) is 0 Å². The van der Waals surface area contributed by atoms with Gasteiger partial charge in [-0.25, -0.2) is 4.39 Å². The summed E-state index contributed by atoms with van der Waals surface area (Å²) < 4.78 is 13.7. The Balaban J connectivity index is 1.80. The van der Waals surface area contributed by atoms with E-state index in [1.807, 2.05) is 12.1 Å². The minimum atomic E-state index is -0.0508. The molecule has 0 saturated carbocycles. The van der Waals surface area contributed by atoms with Gasteiger partial charge in [-0.1, -0.05) is 25.1 Å². The Morgan fingerprint density at radius 1 is 1.18 bits per heavy atom. The van der Waals surface area contributed by atoms with Crippen molar-refractivity contribution in [3.63, 3.8) is 0 Å². The summed E-state index contributed by atoms with van der Waals surface area (Å²) in [6.45, 7) is 3.15. The molecule has 1 aromatic rings. The number of halogens is 1. The maximum absolute atomic E-state index is 13.7. The molecule has 2 aliphatic heterocycles. The standard InChI is InChI=1S/C15H20FN/c1-11-6-7-13-8-9-15(11)17(13)10-12-4-2-3-5-14(12)16/h2-5,11,13,15H,6-10H2,1H3. The van der Waals surface area contributed by atoms with E-state index in [1.165, 1.54) is 25.7 Å². The van der Waals surface area contributed by atoms with Crippen LogP contribution in [0.3, 0.4) is 0 Å². The molecule has 2 aliphatic rings. The maximum atomic E-state index is 13.7. The average Bonchev–Trinajstić information content (AvgIpc) is 2.62. The van der Waals surface area contributed by atoms with Crippen LogP contribution >= 0.6 is 0 Å². The molecule has 0 radical (unpaired) electrons. The Labute approximate surface area is 103 Å². The molecular formula is C15H20FN. The first-order valence-electron chi connectivity index (χ1n) is 6.75. The van der Waals surface area contributed by atoms with E-state index in [-0.39, 0.29) is 5.82 Å². The lowest BCUT2D eigenvalue weighted by atomic mass is 9.91. The quantitative estimate of drug-likeness (QED) is 0.754. The fourth-order valence-electron chi connectivity index (χ4n) is 3.60. The molecule has 92 valence electrons. The molecule has 0 amide bonds. The van der Waals surface area contributed by atoms with Crippen molar-refractivity contribution in [2.45, 2.75) is 51.2 Å². The highest BCUT2D eigenvalue weighted by atomic mass is 19.1. The van der Waals surface area contributed by atoms with E-state index in [2.05, 4.69) is 11.8 Å². The van der Waals surface area contributed by atoms with Crippen LogP contribution in [0, 0.1) is 11.7 Å². The van der Waals surface area contributed by atoms with Gasteiger partial charge in [-0.2, -0.15) is 0 Å². The van der Waals surface area contributed by atoms with Crippen LogP contribution in [0.1, 0.15) is 38.2 Å². The number of rotatable bonds is 2. The van der Waals surface area contributed by atoms with E-state index in [1.54, 1.807) is 12.1 Å². The molecule has 0 aliphatic carbocycles. The maximum Gasteiger partial charge on any atom is 0.127 e. The van der Waals surface area contributed by atoms with Gasteiger partial charge in [-0.05, 0) is 37.7 Å². The Morgan fingerprint density at radius 3 is 2.76 bits per heavy atom.